The van der Waals surface area contributed by atoms with E-state index in [2.05, 4.69) is 27.4 Å². The van der Waals surface area contributed by atoms with Crippen molar-refractivity contribution < 1.29 is 14.3 Å². The molecule has 0 radical (unpaired) electrons. The Kier molecular flexibility index (Phi) is 5.65. The van der Waals surface area contributed by atoms with Gasteiger partial charge in [0.05, 0.1) is 5.56 Å². The van der Waals surface area contributed by atoms with Gasteiger partial charge < -0.3 is 20.3 Å². The number of nitrogens with one attached hydrogen (secondary N) is 2. The van der Waals surface area contributed by atoms with Gasteiger partial charge in [0.15, 0.2) is 5.72 Å². The molecule has 4 atom stereocenters. The molecule has 0 aromatic heterocycles. The number of carbonyl (C=O) groups excluding carboxylic acids is 2. The Bertz CT molecular complexity index is 838. The zero-order valence-corrected chi connectivity index (χ0v) is 18.4. The zero-order chi connectivity index (χ0) is 21.4. The fraction of sp³-hybridized carbons (Fsp3) is 0.667. The van der Waals surface area contributed by atoms with Crippen molar-refractivity contribution in [1.29, 1.82) is 0 Å². The lowest BCUT2D eigenvalue weighted by Crippen LogP contribution is -2.67. The average Bonchev–Trinajstić information content (AvgIpc) is 2.79. The van der Waals surface area contributed by atoms with E-state index in [1.165, 1.54) is 0 Å². The van der Waals surface area contributed by atoms with Crippen molar-refractivity contribution in [3.63, 3.8) is 0 Å². The Labute approximate surface area is 184 Å². The first kappa shape index (κ1) is 20.8. The summed E-state index contributed by atoms with van der Waals surface area (Å²) in [6, 6.07) is 7.45. The van der Waals surface area contributed by atoms with Gasteiger partial charge in [-0.1, -0.05) is 19.1 Å². The highest BCUT2D eigenvalue weighted by Crippen LogP contribution is 2.52. The van der Waals surface area contributed by atoms with Gasteiger partial charge in [-0.3, -0.25) is 14.5 Å². The third-order valence-electron chi connectivity index (χ3n) is 7.94. The summed E-state index contributed by atoms with van der Waals surface area (Å²) in [5.74, 6) is 1.25. The van der Waals surface area contributed by atoms with Crippen LogP contribution in [0, 0.1) is 17.8 Å². The summed E-state index contributed by atoms with van der Waals surface area (Å²) in [5, 5.41) is 6.37. The van der Waals surface area contributed by atoms with E-state index < -0.39 is 5.72 Å². The van der Waals surface area contributed by atoms with E-state index >= 15 is 0 Å². The maximum absolute atomic E-state index is 13.0. The molecule has 4 fully saturated rings. The van der Waals surface area contributed by atoms with Crippen LogP contribution < -0.4 is 15.4 Å². The predicted octanol–water partition coefficient (Wildman–Crippen LogP) is 1.70. The van der Waals surface area contributed by atoms with Crippen LogP contribution in [0.1, 0.15) is 43.0 Å². The standard InChI is InChI=1S/C24H34N4O3/c1-2-27-11-13-28(14-12-27)10-9-25-22(29)20-15-18-8-7-17(20)16-24(18)26-23(30)19-5-3-4-6-21(19)31-24/h3-6,17-18,20H,2,7-16H2,1H3,(H,25,29)(H,26,30)/t17-,18+,20+,24-/m0/s1. The minimum Gasteiger partial charge on any atom is -0.467 e. The number of hydrogen-bond donors (Lipinski definition) is 2. The number of nitrogens with zero attached hydrogens (tertiary/aromatic N) is 2. The van der Waals surface area contributed by atoms with Crippen molar-refractivity contribution in [3.05, 3.63) is 29.8 Å². The van der Waals surface area contributed by atoms with E-state index in [1.807, 2.05) is 18.2 Å². The van der Waals surface area contributed by atoms with Crippen molar-refractivity contribution >= 4 is 11.8 Å². The Hall–Kier alpha value is -2.12. The second kappa shape index (κ2) is 8.43. The molecule has 1 aromatic rings. The molecule has 7 nitrogen and oxygen atoms in total. The van der Waals surface area contributed by atoms with Gasteiger partial charge in [0.25, 0.3) is 5.91 Å². The van der Waals surface area contributed by atoms with Crippen LogP contribution in [0.5, 0.6) is 5.75 Å². The number of carbonyl (C=O) groups is 2. The summed E-state index contributed by atoms with van der Waals surface area (Å²) in [6.07, 6.45) is 3.53. The van der Waals surface area contributed by atoms with E-state index in [4.69, 9.17) is 4.74 Å². The summed E-state index contributed by atoms with van der Waals surface area (Å²) in [6.45, 7) is 9.36. The normalized spacial score (nSPS) is 32.9. The lowest BCUT2D eigenvalue weighted by atomic mass is 9.60. The third-order valence-corrected chi connectivity index (χ3v) is 7.94. The second-order valence-electron chi connectivity index (χ2n) is 9.59. The number of likely N-dealkylation sites (N-methyl/N-ethyl adjacent to an activating group) is 1. The molecule has 1 saturated heterocycles. The number of ether oxygens (including phenoxy) is 1. The summed E-state index contributed by atoms with van der Waals surface area (Å²) < 4.78 is 6.40. The van der Waals surface area contributed by atoms with E-state index in [1.54, 1.807) is 6.07 Å². The summed E-state index contributed by atoms with van der Waals surface area (Å²) in [4.78, 5) is 30.6. The molecule has 3 aliphatic carbocycles. The lowest BCUT2D eigenvalue weighted by molar-refractivity contribution is -0.146. The molecule has 2 aliphatic heterocycles. The molecule has 2 amide bonds. The lowest BCUT2D eigenvalue weighted by Gasteiger charge is -2.55. The van der Waals surface area contributed by atoms with Crippen molar-refractivity contribution in [2.45, 2.75) is 38.3 Å². The predicted molar refractivity (Wildman–Crippen MR) is 118 cm³/mol. The number of amides is 2. The van der Waals surface area contributed by atoms with Crippen LogP contribution >= 0.6 is 0 Å². The van der Waals surface area contributed by atoms with Crippen molar-refractivity contribution in [1.82, 2.24) is 20.4 Å². The van der Waals surface area contributed by atoms with Crippen molar-refractivity contribution in [2.24, 2.45) is 17.8 Å². The first-order chi connectivity index (χ1) is 15.1. The van der Waals surface area contributed by atoms with Crippen LogP contribution in [-0.2, 0) is 4.79 Å². The number of benzene rings is 1. The first-order valence-electron chi connectivity index (χ1n) is 11.9. The molecular weight excluding hydrogens is 392 g/mol. The minimum absolute atomic E-state index is 0.0268. The molecule has 7 heteroatoms. The van der Waals surface area contributed by atoms with E-state index in [9.17, 15) is 9.59 Å². The second-order valence-corrected chi connectivity index (χ2v) is 9.59. The summed E-state index contributed by atoms with van der Waals surface area (Å²) in [5.41, 5.74) is -0.0481. The molecule has 2 N–H and O–H groups in total. The zero-order valence-electron chi connectivity index (χ0n) is 18.4. The fourth-order valence-corrected chi connectivity index (χ4v) is 6.08. The van der Waals surface area contributed by atoms with Gasteiger partial charge in [0.2, 0.25) is 5.91 Å². The molecule has 0 unspecified atom stereocenters. The third kappa shape index (κ3) is 3.94. The molecule has 168 valence electrons. The Morgan fingerprint density at radius 2 is 1.97 bits per heavy atom. The van der Waals surface area contributed by atoms with Crippen LogP contribution in [0.2, 0.25) is 0 Å². The van der Waals surface area contributed by atoms with Crippen LogP contribution in [0.4, 0.5) is 0 Å². The summed E-state index contributed by atoms with van der Waals surface area (Å²) in [7, 11) is 0. The highest BCUT2D eigenvalue weighted by molar-refractivity contribution is 5.98. The monoisotopic (exact) mass is 426 g/mol. The summed E-state index contributed by atoms with van der Waals surface area (Å²) >= 11 is 0. The van der Waals surface area contributed by atoms with E-state index in [-0.39, 0.29) is 29.6 Å². The van der Waals surface area contributed by atoms with E-state index in [0.29, 0.717) is 17.9 Å². The smallest absolute Gasteiger partial charge is 0.258 e. The molecule has 5 aliphatic rings. The number of rotatable bonds is 5. The number of para-hydroxylation sites is 1. The molecule has 31 heavy (non-hydrogen) atoms. The topological polar surface area (TPSA) is 73.9 Å². The maximum Gasteiger partial charge on any atom is 0.258 e. The highest BCUT2D eigenvalue weighted by Gasteiger charge is 2.57. The number of piperazine rings is 1. The number of fused-ring (bicyclic) bond motifs is 3. The Morgan fingerprint density at radius 1 is 1.19 bits per heavy atom. The maximum atomic E-state index is 13.0. The first-order valence-corrected chi connectivity index (χ1v) is 11.9. The number of hydrogen-bond acceptors (Lipinski definition) is 5. The molecular formula is C24H34N4O3. The van der Waals surface area contributed by atoms with Gasteiger partial charge in [0.1, 0.15) is 5.75 Å². The average molecular weight is 427 g/mol. The Morgan fingerprint density at radius 3 is 2.71 bits per heavy atom. The van der Waals surface area contributed by atoms with Gasteiger partial charge in [0, 0.05) is 57.5 Å². The Balaban J connectivity index is 1.16. The largest absolute Gasteiger partial charge is 0.467 e. The van der Waals surface area contributed by atoms with Crippen molar-refractivity contribution in [2.75, 3.05) is 45.8 Å². The van der Waals surface area contributed by atoms with Crippen LogP contribution in [0.3, 0.4) is 0 Å². The van der Waals surface area contributed by atoms with Gasteiger partial charge in [-0.25, -0.2) is 0 Å². The molecule has 2 heterocycles. The molecule has 2 bridgehead atoms. The minimum atomic E-state index is -0.649. The molecule has 6 rings (SSSR count). The van der Waals surface area contributed by atoms with Crippen LogP contribution in [-0.4, -0.2) is 73.2 Å². The fourth-order valence-electron chi connectivity index (χ4n) is 6.08. The van der Waals surface area contributed by atoms with E-state index in [0.717, 1.165) is 65.0 Å². The van der Waals surface area contributed by atoms with Gasteiger partial charge >= 0.3 is 0 Å². The van der Waals surface area contributed by atoms with Gasteiger partial charge in [-0.2, -0.15) is 0 Å². The molecule has 1 aromatic carbocycles. The van der Waals surface area contributed by atoms with Gasteiger partial charge in [-0.05, 0) is 43.9 Å². The quantitative estimate of drug-likeness (QED) is 0.750. The van der Waals surface area contributed by atoms with Crippen LogP contribution in [0.25, 0.3) is 0 Å². The molecule has 1 spiro atoms. The SMILES string of the molecule is CCN1CCN(CCNC(=O)[C@@H]2C[C@H]3CC[C@H]2C[C@@]32NC(=O)c3ccccc3O2)CC1. The van der Waals surface area contributed by atoms with Crippen molar-refractivity contribution in [3.8, 4) is 5.75 Å². The van der Waals surface area contributed by atoms with Gasteiger partial charge in [-0.15, -0.1) is 0 Å². The molecule has 3 saturated carbocycles. The highest BCUT2D eigenvalue weighted by atomic mass is 16.5. The van der Waals surface area contributed by atoms with Crippen LogP contribution in [0.15, 0.2) is 24.3 Å².